The highest BCUT2D eigenvalue weighted by Gasteiger charge is 2.56. The number of rotatable bonds is 12. The van der Waals surface area contributed by atoms with E-state index in [0.717, 1.165) is 11.1 Å². The monoisotopic (exact) mass is 716 g/mol. The highest BCUT2D eigenvalue weighted by molar-refractivity contribution is 6.35. The predicted octanol–water partition coefficient (Wildman–Crippen LogP) is 8.41. The summed E-state index contributed by atoms with van der Waals surface area (Å²) in [5.74, 6) is -4.35. The van der Waals surface area contributed by atoms with E-state index in [1.807, 2.05) is 57.2 Å². The van der Waals surface area contributed by atoms with E-state index in [-0.39, 0.29) is 19.6 Å². The molecule has 262 valence electrons. The Balaban J connectivity index is 1.59. The van der Waals surface area contributed by atoms with Gasteiger partial charge in [0.2, 0.25) is 11.8 Å². The van der Waals surface area contributed by atoms with Crippen molar-refractivity contribution in [3.63, 3.8) is 0 Å². The van der Waals surface area contributed by atoms with Gasteiger partial charge in [0, 0.05) is 39.3 Å². The molecule has 4 unspecified atom stereocenters. The lowest BCUT2D eigenvalue weighted by Crippen LogP contribution is -2.56. The second kappa shape index (κ2) is 16.1. The number of ether oxygens (including phenoxy) is 2. The molecule has 1 fully saturated rings. The molecule has 2 amide bonds. The molecule has 4 atom stereocenters. The fourth-order valence-electron chi connectivity index (χ4n) is 6.73. The summed E-state index contributed by atoms with van der Waals surface area (Å²) in [7, 11) is 0. The molecule has 3 N–H and O–H groups in total. The van der Waals surface area contributed by atoms with E-state index in [2.05, 4.69) is 10.6 Å². The summed E-state index contributed by atoms with van der Waals surface area (Å²) in [5, 5.41) is 18.8. The first kappa shape index (κ1) is 36.9. The lowest BCUT2D eigenvalue weighted by Gasteiger charge is -2.44. The number of nitrogens with one attached hydrogen (secondary N) is 2. The van der Waals surface area contributed by atoms with Crippen molar-refractivity contribution in [2.45, 2.75) is 65.1 Å². The van der Waals surface area contributed by atoms with E-state index in [4.69, 9.17) is 32.7 Å². The van der Waals surface area contributed by atoms with Gasteiger partial charge in [-0.05, 0) is 79.8 Å². The first-order valence-electron chi connectivity index (χ1n) is 16.8. The third-order valence-corrected chi connectivity index (χ3v) is 9.78. The molecule has 8 nitrogen and oxygen atoms in total. The highest BCUT2D eigenvalue weighted by Crippen LogP contribution is 2.48. The number of carbonyl (C=O) groups is 3. The van der Waals surface area contributed by atoms with Crippen LogP contribution in [0, 0.1) is 11.8 Å². The number of hydrogen-bond acceptors (Lipinski definition) is 6. The Bertz CT molecular complexity index is 1880. The van der Waals surface area contributed by atoms with Crippen molar-refractivity contribution < 1.29 is 29.0 Å². The minimum atomic E-state index is -1.78. The van der Waals surface area contributed by atoms with Crippen LogP contribution in [0.5, 0.6) is 11.5 Å². The van der Waals surface area contributed by atoms with Crippen molar-refractivity contribution in [3.05, 3.63) is 117 Å². The number of anilines is 2. The zero-order valence-electron chi connectivity index (χ0n) is 28.6. The summed E-state index contributed by atoms with van der Waals surface area (Å²) < 4.78 is 12.1. The van der Waals surface area contributed by atoms with Gasteiger partial charge in [0.05, 0.1) is 18.1 Å². The maximum Gasteiger partial charge on any atom is 0.235 e. The van der Waals surface area contributed by atoms with Crippen molar-refractivity contribution in [3.8, 4) is 11.5 Å². The molecular formula is C40H42Cl2N2O6. The number of aryl methyl sites for hydroxylation is 2. The van der Waals surface area contributed by atoms with E-state index in [1.165, 1.54) is 6.92 Å². The van der Waals surface area contributed by atoms with Crippen LogP contribution in [-0.2, 0) is 33.8 Å². The Hall–Kier alpha value is -4.37. The van der Waals surface area contributed by atoms with Crippen LogP contribution >= 0.6 is 23.2 Å². The fraction of sp³-hybridized carbons (Fsp3) is 0.325. The van der Waals surface area contributed by atoms with E-state index < -0.39 is 41.0 Å². The van der Waals surface area contributed by atoms with Gasteiger partial charge in [-0.25, -0.2) is 0 Å². The molecule has 1 saturated carbocycles. The number of hydrogen-bond donors (Lipinski definition) is 3. The van der Waals surface area contributed by atoms with E-state index in [1.54, 1.807) is 48.5 Å². The largest absolute Gasteiger partial charge is 0.490 e. The summed E-state index contributed by atoms with van der Waals surface area (Å²) in [4.78, 5) is 42.6. The van der Waals surface area contributed by atoms with Crippen LogP contribution in [0.1, 0.15) is 62.3 Å². The average molecular weight is 718 g/mol. The fourth-order valence-corrected chi connectivity index (χ4v) is 7.19. The SMILES string of the molecule is CCOc1cc(C2C(C(=O)Nc3ccccc3CC)C(=O)CC(C)(O)C2C(=O)Nc2ccccc2CC)ccc1OCc1ccc(Cl)cc1Cl. The number of halogens is 2. The van der Waals surface area contributed by atoms with Crippen LogP contribution in [0.15, 0.2) is 84.9 Å². The molecule has 0 radical (unpaired) electrons. The van der Waals surface area contributed by atoms with Crippen molar-refractivity contribution in [2.24, 2.45) is 11.8 Å². The van der Waals surface area contributed by atoms with E-state index in [0.29, 0.717) is 56.9 Å². The highest BCUT2D eigenvalue weighted by atomic mass is 35.5. The smallest absolute Gasteiger partial charge is 0.235 e. The molecule has 0 aromatic heterocycles. The maximum absolute atomic E-state index is 14.4. The topological polar surface area (TPSA) is 114 Å². The van der Waals surface area contributed by atoms with Crippen LogP contribution in [0.2, 0.25) is 10.0 Å². The molecule has 0 spiro atoms. The molecule has 1 aliphatic rings. The van der Waals surface area contributed by atoms with Gasteiger partial charge in [-0.2, -0.15) is 0 Å². The number of ketones is 1. The number of amides is 2. The first-order chi connectivity index (χ1) is 24.0. The summed E-state index contributed by atoms with van der Waals surface area (Å²) >= 11 is 12.4. The normalized spacial score (nSPS) is 20.2. The molecule has 4 aromatic carbocycles. The van der Waals surface area contributed by atoms with Crippen LogP contribution in [0.3, 0.4) is 0 Å². The van der Waals surface area contributed by atoms with E-state index >= 15 is 0 Å². The molecule has 0 bridgehead atoms. The lowest BCUT2D eigenvalue weighted by atomic mass is 9.61. The molecule has 5 rings (SSSR count). The van der Waals surface area contributed by atoms with Crippen LogP contribution in [0.25, 0.3) is 0 Å². The Labute approximate surface area is 303 Å². The van der Waals surface area contributed by atoms with Crippen LogP contribution < -0.4 is 20.1 Å². The molecule has 10 heteroatoms. The van der Waals surface area contributed by atoms with Gasteiger partial charge in [-0.1, -0.05) is 85.6 Å². The van der Waals surface area contributed by atoms with Crippen LogP contribution in [0.4, 0.5) is 11.4 Å². The molecule has 50 heavy (non-hydrogen) atoms. The molecule has 0 aliphatic heterocycles. The van der Waals surface area contributed by atoms with Crippen molar-refractivity contribution >= 4 is 52.2 Å². The quantitative estimate of drug-likeness (QED) is 0.127. The molecule has 1 aliphatic carbocycles. The Kier molecular flexibility index (Phi) is 11.9. The Morgan fingerprint density at radius 1 is 0.800 bits per heavy atom. The molecule has 4 aromatic rings. The summed E-state index contributed by atoms with van der Waals surface area (Å²) in [6.45, 7) is 7.67. The van der Waals surface area contributed by atoms with Crippen molar-refractivity contribution in [2.75, 3.05) is 17.2 Å². The van der Waals surface area contributed by atoms with Gasteiger partial charge in [0.25, 0.3) is 0 Å². The zero-order valence-corrected chi connectivity index (χ0v) is 30.1. The summed E-state index contributed by atoms with van der Waals surface area (Å²) in [5.41, 5.74) is 2.40. The molecule has 0 heterocycles. The number of carbonyl (C=O) groups excluding carboxylic acids is 3. The molecular weight excluding hydrogens is 675 g/mol. The van der Waals surface area contributed by atoms with Gasteiger partial charge < -0.3 is 25.2 Å². The zero-order chi connectivity index (χ0) is 36.0. The third-order valence-electron chi connectivity index (χ3n) is 9.20. The summed E-state index contributed by atoms with van der Waals surface area (Å²) in [6, 6.07) is 25.0. The lowest BCUT2D eigenvalue weighted by molar-refractivity contribution is -0.150. The second-order valence-electron chi connectivity index (χ2n) is 12.6. The Morgan fingerprint density at radius 2 is 1.42 bits per heavy atom. The standard InChI is InChI=1S/C40H42Cl2N2O6/c1-5-24-12-8-10-14-30(24)43-38(46)36-32(45)22-40(4,48)37(39(47)44-31-15-11-9-13-25(31)6-2)35(36)26-17-19-33(34(20-26)49-7-3)50-23-27-16-18-28(41)21-29(27)42/h8-21,35-37,48H,5-7,22-23H2,1-4H3,(H,43,46)(H,44,47). The van der Waals surface area contributed by atoms with Crippen molar-refractivity contribution in [1.29, 1.82) is 0 Å². The number of aliphatic hydroxyl groups is 1. The number of benzene rings is 4. The Morgan fingerprint density at radius 3 is 2.02 bits per heavy atom. The minimum Gasteiger partial charge on any atom is -0.490 e. The van der Waals surface area contributed by atoms with Crippen LogP contribution in [-0.4, -0.2) is 34.9 Å². The van der Waals surface area contributed by atoms with Gasteiger partial charge in [0.1, 0.15) is 18.3 Å². The maximum atomic E-state index is 14.4. The third kappa shape index (κ3) is 8.15. The second-order valence-corrected chi connectivity index (χ2v) is 13.5. The minimum absolute atomic E-state index is 0.121. The van der Waals surface area contributed by atoms with Gasteiger partial charge in [-0.15, -0.1) is 0 Å². The number of para-hydroxylation sites is 2. The summed E-state index contributed by atoms with van der Waals surface area (Å²) in [6.07, 6.45) is 0.947. The van der Waals surface area contributed by atoms with Gasteiger partial charge in [0.15, 0.2) is 11.5 Å². The average Bonchev–Trinajstić information content (AvgIpc) is 3.08. The van der Waals surface area contributed by atoms with Crippen molar-refractivity contribution in [1.82, 2.24) is 0 Å². The number of Topliss-reactive ketones (excluding diaryl/α,β-unsaturated/α-hetero) is 1. The first-order valence-corrected chi connectivity index (χ1v) is 17.6. The van der Waals surface area contributed by atoms with Gasteiger partial charge in [-0.3, -0.25) is 14.4 Å². The predicted molar refractivity (Wildman–Crippen MR) is 197 cm³/mol. The van der Waals surface area contributed by atoms with Gasteiger partial charge >= 0.3 is 0 Å². The van der Waals surface area contributed by atoms with E-state index in [9.17, 15) is 19.5 Å². The molecule has 0 saturated heterocycles.